The summed E-state index contributed by atoms with van der Waals surface area (Å²) in [5, 5.41) is 2.95. The van der Waals surface area contributed by atoms with Crippen molar-refractivity contribution >= 4 is 11.7 Å². The average molecular weight is 292 g/mol. The first kappa shape index (κ1) is 15.5. The molecule has 5 heteroatoms. The number of likely N-dealkylation sites (tertiary alicyclic amines) is 1. The Morgan fingerprint density at radius 2 is 2.14 bits per heavy atom. The van der Waals surface area contributed by atoms with Crippen molar-refractivity contribution in [2.24, 2.45) is 0 Å². The van der Waals surface area contributed by atoms with Gasteiger partial charge in [-0.3, -0.25) is 0 Å². The van der Waals surface area contributed by atoms with Gasteiger partial charge in [0.15, 0.2) is 0 Å². The second-order valence-corrected chi connectivity index (χ2v) is 5.25. The van der Waals surface area contributed by atoms with Crippen molar-refractivity contribution in [3.05, 3.63) is 18.2 Å². The van der Waals surface area contributed by atoms with E-state index in [9.17, 15) is 4.79 Å². The van der Waals surface area contributed by atoms with Crippen LogP contribution in [-0.4, -0.2) is 37.7 Å². The summed E-state index contributed by atoms with van der Waals surface area (Å²) in [6.45, 7) is 2.95. The Hall–Kier alpha value is -1.91. The molecule has 0 spiro atoms. The van der Waals surface area contributed by atoms with E-state index in [-0.39, 0.29) is 6.03 Å². The van der Waals surface area contributed by atoms with Crippen molar-refractivity contribution in [3.63, 3.8) is 0 Å². The van der Waals surface area contributed by atoms with Crippen LogP contribution in [0.25, 0.3) is 0 Å². The summed E-state index contributed by atoms with van der Waals surface area (Å²) in [5.41, 5.74) is 0.670. The Morgan fingerprint density at radius 1 is 1.33 bits per heavy atom. The summed E-state index contributed by atoms with van der Waals surface area (Å²) in [7, 11) is 3.19. The molecule has 1 N–H and O–H groups in total. The number of hydrogen-bond acceptors (Lipinski definition) is 3. The molecule has 0 aromatic heterocycles. The fourth-order valence-electron chi connectivity index (χ4n) is 2.78. The maximum Gasteiger partial charge on any atom is 0.322 e. The highest BCUT2D eigenvalue weighted by molar-refractivity contribution is 5.91. The minimum atomic E-state index is -0.0509. The van der Waals surface area contributed by atoms with E-state index in [1.165, 1.54) is 6.42 Å². The van der Waals surface area contributed by atoms with Crippen LogP contribution >= 0.6 is 0 Å². The number of anilines is 1. The first-order valence-corrected chi connectivity index (χ1v) is 7.49. The van der Waals surface area contributed by atoms with Gasteiger partial charge in [0, 0.05) is 18.7 Å². The molecule has 0 unspecified atom stereocenters. The van der Waals surface area contributed by atoms with Crippen LogP contribution in [0.5, 0.6) is 11.5 Å². The molecule has 2 amide bonds. The summed E-state index contributed by atoms with van der Waals surface area (Å²) >= 11 is 0. The van der Waals surface area contributed by atoms with Crippen LogP contribution in [0, 0.1) is 0 Å². The van der Waals surface area contributed by atoms with Crippen LogP contribution in [0.1, 0.15) is 32.6 Å². The molecule has 1 aromatic carbocycles. The van der Waals surface area contributed by atoms with E-state index < -0.39 is 0 Å². The molecule has 21 heavy (non-hydrogen) atoms. The number of rotatable bonds is 4. The van der Waals surface area contributed by atoms with Gasteiger partial charge in [-0.15, -0.1) is 0 Å². The number of benzene rings is 1. The number of carbonyl (C=O) groups excluding carboxylic acids is 1. The van der Waals surface area contributed by atoms with Gasteiger partial charge in [0.2, 0.25) is 0 Å². The summed E-state index contributed by atoms with van der Waals surface area (Å²) in [4.78, 5) is 14.4. The molecule has 1 aliphatic rings. The number of nitrogens with zero attached hydrogens (tertiary/aromatic N) is 1. The molecule has 5 nitrogen and oxygen atoms in total. The van der Waals surface area contributed by atoms with Gasteiger partial charge in [0.1, 0.15) is 11.5 Å². The number of carbonyl (C=O) groups is 1. The van der Waals surface area contributed by atoms with E-state index in [2.05, 4.69) is 12.2 Å². The number of hydrogen-bond donors (Lipinski definition) is 1. The van der Waals surface area contributed by atoms with Crippen molar-refractivity contribution in [2.45, 2.75) is 38.6 Å². The number of urea groups is 1. The molecule has 1 aliphatic heterocycles. The lowest BCUT2D eigenvalue weighted by Crippen LogP contribution is -2.45. The highest BCUT2D eigenvalue weighted by atomic mass is 16.5. The monoisotopic (exact) mass is 292 g/mol. The summed E-state index contributed by atoms with van der Waals surface area (Å²) < 4.78 is 10.5. The van der Waals surface area contributed by atoms with Gasteiger partial charge in [-0.25, -0.2) is 4.79 Å². The van der Waals surface area contributed by atoms with Crippen molar-refractivity contribution in [2.75, 3.05) is 26.1 Å². The molecule has 116 valence electrons. The number of amides is 2. The van der Waals surface area contributed by atoms with Crippen LogP contribution < -0.4 is 14.8 Å². The van der Waals surface area contributed by atoms with Gasteiger partial charge in [0.05, 0.1) is 19.9 Å². The molecule has 0 saturated carbocycles. The predicted octanol–water partition coefficient (Wildman–Crippen LogP) is 3.50. The Labute approximate surface area is 126 Å². The average Bonchev–Trinajstić information content (AvgIpc) is 2.55. The number of ether oxygens (including phenoxy) is 2. The van der Waals surface area contributed by atoms with Crippen molar-refractivity contribution in [3.8, 4) is 11.5 Å². The Kier molecular flexibility index (Phi) is 5.31. The lowest BCUT2D eigenvalue weighted by Gasteiger charge is -2.35. The zero-order valence-corrected chi connectivity index (χ0v) is 13.0. The normalized spacial score (nSPS) is 18.2. The quantitative estimate of drug-likeness (QED) is 0.924. The third-order valence-corrected chi connectivity index (χ3v) is 4.01. The topological polar surface area (TPSA) is 50.8 Å². The molecule has 0 bridgehead atoms. The zero-order valence-electron chi connectivity index (χ0n) is 13.0. The van der Waals surface area contributed by atoms with E-state index in [0.717, 1.165) is 25.8 Å². The van der Waals surface area contributed by atoms with Gasteiger partial charge in [-0.05, 0) is 37.8 Å². The smallest absolute Gasteiger partial charge is 0.322 e. The second kappa shape index (κ2) is 7.20. The third kappa shape index (κ3) is 3.60. The van der Waals surface area contributed by atoms with Gasteiger partial charge in [0.25, 0.3) is 0 Å². The molecule has 0 aliphatic carbocycles. The first-order valence-electron chi connectivity index (χ1n) is 7.49. The number of nitrogens with one attached hydrogen (secondary N) is 1. The van der Waals surface area contributed by atoms with E-state index in [1.807, 2.05) is 11.0 Å². The lowest BCUT2D eigenvalue weighted by molar-refractivity contribution is 0.160. The van der Waals surface area contributed by atoms with Crippen molar-refractivity contribution in [1.29, 1.82) is 0 Å². The first-order chi connectivity index (χ1) is 10.2. The van der Waals surface area contributed by atoms with Crippen LogP contribution in [-0.2, 0) is 0 Å². The molecule has 1 heterocycles. The van der Waals surface area contributed by atoms with Gasteiger partial charge in [-0.2, -0.15) is 0 Å². The summed E-state index contributed by atoms with van der Waals surface area (Å²) in [5.74, 6) is 1.31. The van der Waals surface area contributed by atoms with Crippen LogP contribution in [0.4, 0.5) is 10.5 Å². The molecule has 0 radical (unpaired) electrons. The largest absolute Gasteiger partial charge is 0.497 e. The molecule has 2 rings (SSSR count). The molecular formula is C16H24N2O3. The van der Waals surface area contributed by atoms with Gasteiger partial charge in [-0.1, -0.05) is 6.92 Å². The minimum absolute atomic E-state index is 0.0509. The zero-order chi connectivity index (χ0) is 15.2. The highest BCUT2D eigenvalue weighted by Crippen LogP contribution is 2.30. The van der Waals surface area contributed by atoms with Gasteiger partial charge < -0.3 is 19.7 Å². The lowest BCUT2D eigenvalue weighted by atomic mass is 10.0. The highest BCUT2D eigenvalue weighted by Gasteiger charge is 2.25. The SMILES string of the molecule is CC[C@@H]1CCCCN1C(=O)Nc1ccc(OC)cc1OC. The number of piperidine rings is 1. The predicted molar refractivity (Wildman–Crippen MR) is 83.2 cm³/mol. The molecule has 1 fully saturated rings. The van der Waals surface area contributed by atoms with Crippen LogP contribution in [0.2, 0.25) is 0 Å². The summed E-state index contributed by atoms with van der Waals surface area (Å²) in [6.07, 6.45) is 4.36. The Bertz CT molecular complexity index is 490. The molecular weight excluding hydrogens is 268 g/mol. The van der Waals surface area contributed by atoms with Crippen LogP contribution in [0.3, 0.4) is 0 Å². The maximum absolute atomic E-state index is 12.5. The van der Waals surface area contributed by atoms with Crippen LogP contribution in [0.15, 0.2) is 18.2 Å². The molecule has 1 aromatic rings. The van der Waals surface area contributed by atoms with Gasteiger partial charge >= 0.3 is 6.03 Å². The van der Waals surface area contributed by atoms with E-state index in [0.29, 0.717) is 23.2 Å². The Balaban J connectivity index is 2.11. The molecule has 1 saturated heterocycles. The van der Waals surface area contributed by atoms with Crippen molar-refractivity contribution in [1.82, 2.24) is 4.90 Å². The fraction of sp³-hybridized carbons (Fsp3) is 0.562. The van der Waals surface area contributed by atoms with E-state index in [4.69, 9.17) is 9.47 Å². The van der Waals surface area contributed by atoms with Crippen molar-refractivity contribution < 1.29 is 14.3 Å². The second-order valence-electron chi connectivity index (χ2n) is 5.25. The summed E-state index contributed by atoms with van der Waals surface area (Å²) in [6, 6.07) is 5.67. The van der Waals surface area contributed by atoms with E-state index in [1.54, 1.807) is 26.4 Å². The fourth-order valence-corrected chi connectivity index (χ4v) is 2.78. The van der Waals surface area contributed by atoms with E-state index >= 15 is 0 Å². The number of methoxy groups -OCH3 is 2. The standard InChI is InChI=1S/C16H24N2O3/c1-4-12-7-5-6-10-18(12)16(19)17-14-9-8-13(20-2)11-15(14)21-3/h8-9,11-12H,4-7,10H2,1-3H3,(H,17,19)/t12-/m1/s1. The maximum atomic E-state index is 12.5. The third-order valence-electron chi connectivity index (χ3n) is 4.01. The Morgan fingerprint density at radius 3 is 2.81 bits per heavy atom. The molecule has 1 atom stereocenters. The minimum Gasteiger partial charge on any atom is -0.497 e.